The molecule has 2 aliphatic rings. The summed E-state index contributed by atoms with van der Waals surface area (Å²) in [7, 11) is 0. The summed E-state index contributed by atoms with van der Waals surface area (Å²) in [5, 5.41) is 0.689. The number of hydrogen-bond donors (Lipinski definition) is 0. The predicted molar refractivity (Wildman–Crippen MR) is 86.7 cm³/mol. The number of hydrogen-bond acceptors (Lipinski definition) is 4. The van der Waals surface area contributed by atoms with E-state index in [0.29, 0.717) is 49.9 Å². The molecule has 0 radical (unpaired) electrons. The van der Waals surface area contributed by atoms with Crippen molar-refractivity contribution in [1.82, 2.24) is 4.90 Å². The number of piperidine rings is 1. The molecule has 1 aromatic rings. The minimum atomic E-state index is -0.532. The average Bonchev–Trinajstić information content (AvgIpc) is 2.99. The normalized spacial score (nSPS) is 21.4. The molecule has 2 aliphatic heterocycles. The van der Waals surface area contributed by atoms with Crippen LogP contribution in [0.1, 0.15) is 25.3 Å². The molecular weight excluding hydrogens is 318 g/mol. The summed E-state index contributed by atoms with van der Waals surface area (Å²) in [4.78, 5) is 14.4. The Labute approximate surface area is 141 Å². The van der Waals surface area contributed by atoms with Gasteiger partial charge < -0.3 is 19.1 Å². The van der Waals surface area contributed by atoms with E-state index in [9.17, 15) is 4.79 Å². The van der Waals surface area contributed by atoms with Gasteiger partial charge >= 0.3 is 0 Å². The van der Waals surface area contributed by atoms with Crippen LogP contribution in [0.2, 0.25) is 5.02 Å². The van der Waals surface area contributed by atoms with Gasteiger partial charge in [0.1, 0.15) is 5.75 Å². The fourth-order valence-electron chi connectivity index (χ4n) is 3.06. The summed E-state index contributed by atoms with van der Waals surface area (Å²) in [6.07, 6.45) is 0.895. The lowest BCUT2D eigenvalue weighted by molar-refractivity contribution is -0.188. The van der Waals surface area contributed by atoms with Gasteiger partial charge in [-0.3, -0.25) is 4.79 Å². The summed E-state index contributed by atoms with van der Waals surface area (Å²) < 4.78 is 17.1. The van der Waals surface area contributed by atoms with Gasteiger partial charge in [-0.15, -0.1) is 0 Å². The lowest BCUT2D eigenvalue weighted by Crippen LogP contribution is -2.50. The molecule has 0 saturated carbocycles. The molecular formula is C17H22ClNO4. The van der Waals surface area contributed by atoms with E-state index in [1.165, 1.54) is 0 Å². The average molecular weight is 340 g/mol. The van der Waals surface area contributed by atoms with Crippen molar-refractivity contribution >= 4 is 17.5 Å². The molecule has 6 heteroatoms. The molecule has 0 N–H and O–H groups in total. The van der Waals surface area contributed by atoms with E-state index >= 15 is 0 Å². The Balaban J connectivity index is 1.56. The van der Waals surface area contributed by atoms with Crippen LogP contribution >= 0.6 is 11.6 Å². The number of carbonyl (C=O) groups excluding carboxylic acids is 1. The van der Waals surface area contributed by atoms with Gasteiger partial charge in [0.05, 0.1) is 13.2 Å². The van der Waals surface area contributed by atoms with E-state index in [2.05, 4.69) is 0 Å². The Morgan fingerprint density at radius 3 is 2.57 bits per heavy atom. The number of likely N-dealkylation sites (tertiary alicyclic amines) is 1. The van der Waals surface area contributed by atoms with Crippen molar-refractivity contribution in [3.05, 3.63) is 28.8 Å². The number of halogens is 1. The lowest BCUT2D eigenvalue weighted by Gasteiger charge is -2.38. The van der Waals surface area contributed by atoms with Crippen LogP contribution in [0.4, 0.5) is 0 Å². The molecule has 23 heavy (non-hydrogen) atoms. The monoisotopic (exact) mass is 339 g/mol. The minimum Gasteiger partial charge on any atom is -0.481 e. The molecule has 2 fully saturated rings. The molecule has 0 aromatic heterocycles. The smallest absolute Gasteiger partial charge is 0.263 e. The van der Waals surface area contributed by atoms with Crippen LogP contribution in [0.25, 0.3) is 0 Å². The van der Waals surface area contributed by atoms with Crippen LogP contribution in [0, 0.1) is 6.92 Å². The first-order valence-electron chi connectivity index (χ1n) is 7.99. The maximum Gasteiger partial charge on any atom is 0.263 e. The topological polar surface area (TPSA) is 48.0 Å². The van der Waals surface area contributed by atoms with Crippen molar-refractivity contribution in [1.29, 1.82) is 0 Å². The van der Waals surface area contributed by atoms with Crippen molar-refractivity contribution in [2.24, 2.45) is 0 Å². The third kappa shape index (κ3) is 3.62. The SMILES string of the molecule is Cc1cc(O[C@@H](C)C(=O)N2CCC3(CC2)OCCO3)ccc1Cl. The van der Waals surface area contributed by atoms with Crippen LogP contribution < -0.4 is 4.74 Å². The summed E-state index contributed by atoms with van der Waals surface area (Å²) in [6, 6.07) is 5.41. The molecule has 0 unspecified atom stereocenters. The first-order chi connectivity index (χ1) is 11.0. The Kier molecular flexibility index (Phi) is 4.80. The van der Waals surface area contributed by atoms with Crippen molar-refractivity contribution in [3.63, 3.8) is 0 Å². The van der Waals surface area contributed by atoms with E-state index < -0.39 is 11.9 Å². The summed E-state index contributed by atoms with van der Waals surface area (Å²) in [5.41, 5.74) is 0.930. The number of carbonyl (C=O) groups is 1. The molecule has 2 heterocycles. The minimum absolute atomic E-state index is 0.00884. The Morgan fingerprint density at radius 2 is 1.96 bits per heavy atom. The molecule has 1 aromatic carbocycles. The molecule has 0 aliphatic carbocycles. The Morgan fingerprint density at radius 1 is 1.30 bits per heavy atom. The Bertz CT molecular complexity index is 576. The number of nitrogens with zero attached hydrogens (tertiary/aromatic N) is 1. The van der Waals surface area contributed by atoms with Gasteiger partial charge in [-0.2, -0.15) is 0 Å². The van der Waals surface area contributed by atoms with E-state index in [4.69, 9.17) is 25.8 Å². The van der Waals surface area contributed by atoms with Gasteiger partial charge in [-0.05, 0) is 37.6 Å². The second kappa shape index (κ2) is 6.67. The zero-order chi connectivity index (χ0) is 16.4. The van der Waals surface area contributed by atoms with Crippen LogP contribution in [-0.2, 0) is 14.3 Å². The molecule has 1 atom stereocenters. The summed E-state index contributed by atoms with van der Waals surface area (Å²) in [6.45, 7) is 6.23. The molecule has 1 spiro atoms. The highest BCUT2D eigenvalue weighted by molar-refractivity contribution is 6.31. The number of benzene rings is 1. The Hall–Kier alpha value is -1.30. The maximum atomic E-state index is 12.6. The molecule has 2 saturated heterocycles. The third-order valence-electron chi connectivity index (χ3n) is 4.44. The van der Waals surface area contributed by atoms with Crippen LogP contribution in [0.3, 0.4) is 0 Å². The quantitative estimate of drug-likeness (QED) is 0.849. The van der Waals surface area contributed by atoms with Gasteiger partial charge in [0.15, 0.2) is 11.9 Å². The van der Waals surface area contributed by atoms with Gasteiger partial charge in [-0.1, -0.05) is 11.6 Å². The first-order valence-corrected chi connectivity index (χ1v) is 8.36. The second-order valence-electron chi connectivity index (χ2n) is 6.10. The van der Waals surface area contributed by atoms with Gasteiger partial charge in [-0.25, -0.2) is 0 Å². The number of amides is 1. The lowest BCUT2D eigenvalue weighted by atomic mass is 10.0. The second-order valence-corrected chi connectivity index (χ2v) is 6.51. The highest BCUT2D eigenvalue weighted by atomic mass is 35.5. The number of rotatable bonds is 3. The summed E-state index contributed by atoms with van der Waals surface area (Å²) in [5.74, 6) is 0.183. The van der Waals surface area contributed by atoms with E-state index in [0.717, 1.165) is 5.56 Å². The predicted octanol–water partition coefficient (Wildman–Crippen LogP) is 2.78. The number of aryl methyl sites for hydroxylation is 1. The zero-order valence-corrected chi connectivity index (χ0v) is 14.3. The van der Waals surface area contributed by atoms with E-state index in [1.54, 1.807) is 19.1 Å². The standard InChI is InChI=1S/C17H22ClNO4/c1-12-11-14(3-4-15(12)18)23-13(2)16(20)19-7-5-17(6-8-19)21-9-10-22-17/h3-4,11,13H,5-10H2,1-2H3/t13-/m0/s1. The largest absolute Gasteiger partial charge is 0.481 e. The molecule has 5 nitrogen and oxygen atoms in total. The highest BCUT2D eigenvalue weighted by Gasteiger charge is 2.41. The summed E-state index contributed by atoms with van der Waals surface area (Å²) >= 11 is 6.01. The van der Waals surface area contributed by atoms with Gasteiger partial charge in [0, 0.05) is 31.0 Å². The fraction of sp³-hybridized carbons (Fsp3) is 0.588. The van der Waals surface area contributed by atoms with Gasteiger partial charge in [0.2, 0.25) is 0 Å². The van der Waals surface area contributed by atoms with Crippen molar-refractivity contribution < 1.29 is 19.0 Å². The van der Waals surface area contributed by atoms with E-state index in [-0.39, 0.29) is 5.91 Å². The highest BCUT2D eigenvalue weighted by Crippen LogP contribution is 2.31. The van der Waals surface area contributed by atoms with Crippen molar-refractivity contribution in [2.45, 2.75) is 38.6 Å². The first kappa shape index (κ1) is 16.6. The molecule has 126 valence electrons. The maximum absolute atomic E-state index is 12.6. The van der Waals surface area contributed by atoms with Crippen LogP contribution in [0.15, 0.2) is 18.2 Å². The van der Waals surface area contributed by atoms with Crippen molar-refractivity contribution in [3.8, 4) is 5.75 Å². The van der Waals surface area contributed by atoms with Crippen LogP contribution in [0.5, 0.6) is 5.75 Å². The van der Waals surface area contributed by atoms with Crippen LogP contribution in [-0.4, -0.2) is 49.0 Å². The molecule has 3 rings (SSSR count). The number of ether oxygens (including phenoxy) is 3. The molecule has 0 bridgehead atoms. The van der Waals surface area contributed by atoms with Gasteiger partial charge in [0.25, 0.3) is 5.91 Å². The third-order valence-corrected chi connectivity index (χ3v) is 4.86. The molecule has 1 amide bonds. The van der Waals surface area contributed by atoms with E-state index in [1.807, 2.05) is 17.9 Å². The fourth-order valence-corrected chi connectivity index (χ4v) is 3.17. The van der Waals surface area contributed by atoms with Crippen molar-refractivity contribution in [2.75, 3.05) is 26.3 Å². The zero-order valence-electron chi connectivity index (χ0n) is 13.5.